The molecule has 3 rings (SSSR count). The number of para-hydroxylation sites is 2. The first-order valence-electron chi connectivity index (χ1n) is 7.93. The van der Waals surface area contributed by atoms with Gasteiger partial charge < -0.3 is 9.47 Å². The Labute approximate surface area is 146 Å². The van der Waals surface area contributed by atoms with Crippen molar-refractivity contribution >= 4 is 23.0 Å². The number of pyridine rings is 1. The fourth-order valence-corrected chi connectivity index (χ4v) is 3.17. The number of nitrogens with zero attached hydrogens (tertiary/aromatic N) is 3. The molecule has 0 radical (unpaired) electrons. The Morgan fingerprint density at radius 2 is 1.96 bits per heavy atom. The summed E-state index contributed by atoms with van der Waals surface area (Å²) in [5.74, 6) is 1.66. The highest BCUT2D eigenvalue weighted by Crippen LogP contribution is 2.28. The summed E-state index contributed by atoms with van der Waals surface area (Å²) in [6.07, 6.45) is 5.77. The van der Waals surface area contributed by atoms with Crippen LogP contribution < -0.4 is 4.74 Å². The molecule has 0 atom stereocenters. The monoisotopic (exact) mass is 343 g/mol. The van der Waals surface area contributed by atoms with E-state index in [4.69, 9.17) is 14.5 Å². The van der Waals surface area contributed by atoms with Gasteiger partial charge in [-0.25, -0.2) is 4.98 Å². The second kappa shape index (κ2) is 8.17. The SMILES string of the molecule is COCCCCOc1ccnc(-c2nc3ccccc3n2SC)c1. The second-order valence-electron chi connectivity index (χ2n) is 5.33. The molecule has 6 heteroatoms. The standard InChI is InChI=1S/C18H21N3O2S/c1-22-11-5-6-12-23-14-9-10-19-16(13-14)18-20-15-7-3-4-8-17(15)21(18)24-2/h3-4,7-10,13H,5-6,11-12H2,1-2H3. The zero-order valence-corrected chi connectivity index (χ0v) is 14.8. The fraction of sp³-hybridized carbons (Fsp3) is 0.333. The summed E-state index contributed by atoms with van der Waals surface area (Å²) in [6.45, 7) is 1.44. The summed E-state index contributed by atoms with van der Waals surface area (Å²) < 4.78 is 13.0. The van der Waals surface area contributed by atoms with Gasteiger partial charge in [0.15, 0.2) is 5.82 Å². The average Bonchev–Trinajstić information content (AvgIpc) is 3.00. The zero-order chi connectivity index (χ0) is 16.8. The molecular formula is C18H21N3O2S. The zero-order valence-electron chi connectivity index (χ0n) is 13.9. The minimum atomic E-state index is 0.672. The van der Waals surface area contributed by atoms with Gasteiger partial charge in [-0.05, 0) is 43.0 Å². The molecule has 0 saturated carbocycles. The molecule has 0 aliphatic rings. The number of rotatable bonds is 8. The maximum Gasteiger partial charge on any atom is 0.170 e. The normalized spacial score (nSPS) is 11.1. The van der Waals surface area contributed by atoms with E-state index in [1.54, 1.807) is 25.3 Å². The maximum absolute atomic E-state index is 5.82. The molecule has 1 aromatic carbocycles. The van der Waals surface area contributed by atoms with Gasteiger partial charge in [0.25, 0.3) is 0 Å². The van der Waals surface area contributed by atoms with E-state index in [0.29, 0.717) is 6.61 Å². The van der Waals surface area contributed by atoms with Gasteiger partial charge in [0.05, 0.1) is 17.6 Å². The van der Waals surface area contributed by atoms with Crippen LogP contribution in [0.4, 0.5) is 0 Å². The lowest BCUT2D eigenvalue weighted by molar-refractivity contribution is 0.184. The minimum Gasteiger partial charge on any atom is -0.493 e. The van der Waals surface area contributed by atoms with Gasteiger partial charge in [-0.1, -0.05) is 12.1 Å². The van der Waals surface area contributed by atoms with Crippen LogP contribution in [0.25, 0.3) is 22.6 Å². The Bertz CT molecular complexity index is 804. The molecule has 24 heavy (non-hydrogen) atoms. The summed E-state index contributed by atoms with van der Waals surface area (Å²) in [7, 11) is 1.72. The topological polar surface area (TPSA) is 49.2 Å². The first kappa shape index (κ1) is 16.8. The smallest absolute Gasteiger partial charge is 0.170 e. The molecule has 0 amide bonds. The van der Waals surface area contributed by atoms with E-state index >= 15 is 0 Å². The summed E-state index contributed by atoms with van der Waals surface area (Å²) in [5, 5.41) is 0. The molecule has 0 saturated heterocycles. The number of imidazole rings is 1. The Morgan fingerprint density at radius 1 is 1.12 bits per heavy atom. The highest BCUT2D eigenvalue weighted by atomic mass is 32.2. The van der Waals surface area contributed by atoms with Crippen molar-refractivity contribution in [3.63, 3.8) is 0 Å². The van der Waals surface area contributed by atoms with Crippen LogP contribution in [0.1, 0.15) is 12.8 Å². The van der Waals surface area contributed by atoms with Crippen LogP contribution in [0, 0.1) is 0 Å². The molecule has 0 fully saturated rings. The highest BCUT2D eigenvalue weighted by Gasteiger charge is 2.13. The fourth-order valence-electron chi connectivity index (χ4n) is 2.51. The Balaban J connectivity index is 1.81. The van der Waals surface area contributed by atoms with E-state index < -0.39 is 0 Å². The van der Waals surface area contributed by atoms with Gasteiger partial charge in [0.1, 0.15) is 11.4 Å². The number of unbranched alkanes of at least 4 members (excludes halogenated alkanes) is 1. The third-order valence-corrected chi connectivity index (χ3v) is 4.41. The third-order valence-electron chi connectivity index (χ3n) is 3.67. The van der Waals surface area contributed by atoms with Crippen LogP contribution in [-0.2, 0) is 4.74 Å². The van der Waals surface area contributed by atoms with Gasteiger partial charge in [0, 0.05) is 32.2 Å². The van der Waals surface area contributed by atoms with E-state index in [0.717, 1.165) is 47.7 Å². The summed E-state index contributed by atoms with van der Waals surface area (Å²) in [6, 6.07) is 11.9. The van der Waals surface area contributed by atoms with Crippen molar-refractivity contribution in [2.45, 2.75) is 12.8 Å². The molecule has 0 bridgehead atoms. The minimum absolute atomic E-state index is 0.672. The first-order valence-corrected chi connectivity index (χ1v) is 9.12. The van der Waals surface area contributed by atoms with Crippen molar-refractivity contribution in [2.24, 2.45) is 0 Å². The lowest BCUT2D eigenvalue weighted by Gasteiger charge is -2.08. The number of ether oxygens (including phenoxy) is 2. The first-order chi connectivity index (χ1) is 11.8. The molecule has 0 spiro atoms. The van der Waals surface area contributed by atoms with E-state index in [9.17, 15) is 0 Å². The Hall–Kier alpha value is -2.05. The molecule has 2 heterocycles. The number of aromatic nitrogens is 3. The van der Waals surface area contributed by atoms with Gasteiger partial charge in [-0.3, -0.25) is 8.96 Å². The van der Waals surface area contributed by atoms with Crippen molar-refractivity contribution in [3.05, 3.63) is 42.6 Å². The molecule has 126 valence electrons. The van der Waals surface area contributed by atoms with Crippen molar-refractivity contribution in [2.75, 3.05) is 26.6 Å². The largest absolute Gasteiger partial charge is 0.493 e. The Kier molecular flexibility index (Phi) is 5.72. The molecule has 0 aliphatic carbocycles. The lowest BCUT2D eigenvalue weighted by atomic mass is 10.3. The van der Waals surface area contributed by atoms with Crippen LogP contribution in [0.3, 0.4) is 0 Å². The predicted octanol–water partition coefficient (Wildman–Crippen LogP) is 4.03. The number of hydrogen-bond acceptors (Lipinski definition) is 5. The molecule has 0 aliphatic heterocycles. The van der Waals surface area contributed by atoms with Crippen LogP contribution in [0.5, 0.6) is 5.75 Å². The average molecular weight is 343 g/mol. The van der Waals surface area contributed by atoms with Crippen LogP contribution >= 0.6 is 11.9 Å². The van der Waals surface area contributed by atoms with Gasteiger partial charge in [0.2, 0.25) is 0 Å². The third kappa shape index (κ3) is 3.71. The summed E-state index contributed by atoms with van der Waals surface area (Å²) in [4.78, 5) is 9.20. The molecule has 0 unspecified atom stereocenters. The summed E-state index contributed by atoms with van der Waals surface area (Å²) in [5.41, 5.74) is 2.87. The Morgan fingerprint density at radius 3 is 2.79 bits per heavy atom. The van der Waals surface area contributed by atoms with E-state index in [2.05, 4.69) is 15.0 Å². The van der Waals surface area contributed by atoms with Crippen molar-refractivity contribution in [1.29, 1.82) is 0 Å². The molecule has 5 nitrogen and oxygen atoms in total. The van der Waals surface area contributed by atoms with E-state index in [1.807, 2.05) is 36.6 Å². The number of fused-ring (bicyclic) bond motifs is 1. The number of benzene rings is 1. The highest BCUT2D eigenvalue weighted by molar-refractivity contribution is 7.97. The maximum atomic E-state index is 5.82. The summed E-state index contributed by atoms with van der Waals surface area (Å²) >= 11 is 1.62. The molecular weight excluding hydrogens is 322 g/mol. The molecule has 3 aromatic rings. The van der Waals surface area contributed by atoms with Crippen LogP contribution in [0.2, 0.25) is 0 Å². The van der Waals surface area contributed by atoms with E-state index in [1.165, 1.54) is 0 Å². The van der Waals surface area contributed by atoms with Crippen molar-refractivity contribution in [1.82, 2.24) is 13.9 Å². The van der Waals surface area contributed by atoms with Crippen LogP contribution in [-0.4, -0.2) is 40.5 Å². The van der Waals surface area contributed by atoms with Crippen molar-refractivity contribution < 1.29 is 9.47 Å². The van der Waals surface area contributed by atoms with E-state index in [-0.39, 0.29) is 0 Å². The van der Waals surface area contributed by atoms with Gasteiger partial charge in [-0.2, -0.15) is 0 Å². The lowest BCUT2D eigenvalue weighted by Crippen LogP contribution is -2.00. The quantitative estimate of drug-likeness (QED) is 0.578. The van der Waals surface area contributed by atoms with Crippen LogP contribution in [0.15, 0.2) is 42.6 Å². The number of hydrogen-bond donors (Lipinski definition) is 0. The van der Waals surface area contributed by atoms with Gasteiger partial charge in [-0.15, -0.1) is 0 Å². The molecule has 2 aromatic heterocycles. The second-order valence-corrected chi connectivity index (χ2v) is 6.06. The predicted molar refractivity (Wildman–Crippen MR) is 98.5 cm³/mol. The van der Waals surface area contributed by atoms with Gasteiger partial charge >= 0.3 is 0 Å². The van der Waals surface area contributed by atoms with Crippen molar-refractivity contribution in [3.8, 4) is 17.3 Å². The number of methoxy groups -OCH3 is 1. The molecule has 0 N–H and O–H groups in total.